The average Bonchev–Trinajstić information content (AvgIpc) is 2.13. The van der Waals surface area contributed by atoms with Crippen molar-refractivity contribution in [1.82, 2.24) is 0 Å². The minimum Gasteiger partial charge on any atom is -0.299 e. The number of rotatable bonds is 7. The number of alkyl halides is 1. The van der Waals surface area contributed by atoms with E-state index in [1.807, 2.05) is 13.8 Å². The van der Waals surface area contributed by atoms with Gasteiger partial charge in [0, 0.05) is 18.2 Å². The highest BCUT2D eigenvalue weighted by atomic mass is 35.5. The highest BCUT2D eigenvalue weighted by Crippen LogP contribution is 2.29. The topological polar surface area (TPSA) is 17.1 Å². The van der Waals surface area contributed by atoms with Crippen LogP contribution in [-0.2, 0) is 4.79 Å². The van der Waals surface area contributed by atoms with Crippen LogP contribution < -0.4 is 0 Å². The van der Waals surface area contributed by atoms with Crippen molar-refractivity contribution in [3.05, 3.63) is 12.2 Å². The molecule has 0 aromatic carbocycles. The van der Waals surface area contributed by atoms with Crippen molar-refractivity contribution >= 4 is 17.4 Å². The third-order valence-corrected chi connectivity index (χ3v) is 3.02. The lowest BCUT2D eigenvalue weighted by atomic mass is 9.80. The molecular formula is C13H23ClO. The fraction of sp³-hybridized carbons (Fsp3) is 0.769. The Labute approximate surface area is 98.9 Å². The van der Waals surface area contributed by atoms with Gasteiger partial charge in [0.1, 0.15) is 5.78 Å². The lowest BCUT2D eigenvalue weighted by molar-refractivity contribution is -0.123. The molecule has 0 fully saturated rings. The fourth-order valence-corrected chi connectivity index (χ4v) is 1.48. The van der Waals surface area contributed by atoms with Gasteiger partial charge in [-0.05, 0) is 18.3 Å². The highest BCUT2D eigenvalue weighted by molar-refractivity contribution is 6.19. The van der Waals surface area contributed by atoms with Crippen molar-refractivity contribution < 1.29 is 4.79 Å². The van der Waals surface area contributed by atoms with Crippen molar-refractivity contribution in [3.63, 3.8) is 0 Å². The number of carbonyl (C=O) groups is 1. The molecule has 15 heavy (non-hydrogen) atoms. The molecule has 0 heterocycles. The maximum atomic E-state index is 11.6. The second kappa shape index (κ2) is 6.32. The molecule has 88 valence electrons. The van der Waals surface area contributed by atoms with E-state index < -0.39 is 0 Å². The van der Waals surface area contributed by atoms with Gasteiger partial charge >= 0.3 is 0 Å². The third kappa shape index (κ3) is 6.72. The number of hydrogen-bond acceptors (Lipinski definition) is 1. The Morgan fingerprint density at radius 2 is 1.93 bits per heavy atom. The average molecular weight is 231 g/mol. The van der Waals surface area contributed by atoms with E-state index in [0.29, 0.717) is 18.1 Å². The lowest BCUT2D eigenvalue weighted by Crippen LogP contribution is -2.20. The molecule has 0 saturated carbocycles. The molecule has 0 saturated heterocycles. The van der Waals surface area contributed by atoms with E-state index in [1.165, 1.54) is 0 Å². The van der Waals surface area contributed by atoms with Gasteiger partial charge in [-0.25, -0.2) is 0 Å². The van der Waals surface area contributed by atoms with Crippen LogP contribution in [-0.4, -0.2) is 11.7 Å². The molecule has 0 N–H and O–H groups in total. The summed E-state index contributed by atoms with van der Waals surface area (Å²) >= 11 is 5.67. The van der Waals surface area contributed by atoms with Crippen molar-refractivity contribution in [2.24, 2.45) is 11.3 Å². The van der Waals surface area contributed by atoms with Gasteiger partial charge in [-0.2, -0.15) is 0 Å². The number of halogens is 1. The molecule has 0 aromatic heterocycles. The van der Waals surface area contributed by atoms with Crippen molar-refractivity contribution in [2.75, 3.05) is 5.88 Å². The van der Waals surface area contributed by atoms with Gasteiger partial charge in [0.25, 0.3) is 0 Å². The van der Waals surface area contributed by atoms with Crippen LogP contribution in [0.2, 0.25) is 0 Å². The van der Waals surface area contributed by atoms with Gasteiger partial charge in [-0.3, -0.25) is 4.79 Å². The van der Waals surface area contributed by atoms with Gasteiger partial charge < -0.3 is 0 Å². The zero-order valence-corrected chi connectivity index (χ0v) is 11.2. The molecule has 0 aliphatic heterocycles. The fourth-order valence-electron chi connectivity index (χ4n) is 1.35. The summed E-state index contributed by atoms with van der Waals surface area (Å²) in [7, 11) is 0. The molecule has 0 atom stereocenters. The lowest BCUT2D eigenvalue weighted by Gasteiger charge is -2.24. The van der Waals surface area contributed by atoms with E-state index in [1.54, 1.807) is 0 Å². The van der Waals surface area contributed by atoms with E-state index in [-0.39, 0.29) is 11.3 Å². The van der Waals surface area contributed by atoms with Gasteiger partial charge in [0.2, 0.25) is 0 Å². The Kier molecular flexibility index (Phi) is 6.19. The Morgan fingerprint density at radius 1 is 1.40 bits per heavy atom. The monoisotopic (exact) mass is 230 g/mol. The Bertz CT molecular complexity index is 229. The first-order valence-corrected chi connectivity index (χ1v) is 6.07. The maximum Gasteiger partial charge on any atom is 0.135 e. The van der Waals surface area contributed by atoms with Crippen LogP contribution in [0.15, 0.2) is 12.2 Å². The van der Waals surface area contributed by atoms with E-state index >= 15 is 0 Å². The molecule has 0 aliphatic carbocycles. The van der Waals surface area contributed by atoms with Crippen LogP contribution >= 0.6 is 11.6 Å². The second-order valence-electron chi connectivity index (χ2n) is 5.35. The minimum absolute atomic E-state index is 0.0658. The van der Waals surface area contributed by atoms with E-state index in [2.05, 4.69) is 20.4 Å². The molecular weight excluding hydrogens is 208 g/mol. The Morgan fingerprint density at radius 3 is 2.33 bits per heavy atom. The van der Waals surface area contributed by atoms with Gasteiger partial charge in [-0.1, -0.05) is 39.8 Å². The van der Waals surface area contributed by atoms with Crippen LogP contribution in [0.25, 0.3) is 0 Å². The van der Waals surface area contributed by atoms with Crippen LogP contribution in [0, 0.1) is 11.3 Å². The van der Waals surface area contributed by atoms with Gasteiger partial charge in [0.05, 0.1) is 0 Å². The number of Topliss-reactive ketones (excluding diaryl/α,β-unsaturated/α-hetero) is 1. The van der Waals surface area contributed by atoms with E-state index in [9.17, 15) is 4.79 Å². The molecule has 1 nitrogen and oxygen atoms in total. The standard InChI is InChI=1S/C13H23ClO/c1-10(2)12(15)8-13(4,5)7-6-11(3)9-14/h10H,3,6-9H2,1-2,4-5H3. The van der Waals surface area contributed by atoms with Crippen molar-refractivity contribution in [2.45, 2.75) is 47.0 Å². The molecule has 0 spiro atoms. The molecule has 2 heteroatoms. The normalized spacial score (nSPS) is 11.9. The summed E-state index contributed by atoms with van der Waals surface area (Å²) in [6.45, 7) is 12.1. The molecule has 0 rings (SSSR count). The number of hydrogen-bond donors (Lipinski definition) is 0. The summed E-state index contributed by atoms with van der Waals surface area (Å²) in [4.78, 5) is 11.6. The number of carbonyl (C=O) groups excluding carboxylic acids is 1. The summed E-state index contributed by atoms with van der Waals surface area (Å²) in [6, 6.07) is 0. The van der Waals surface area contributed by atoms with Crippen molar-refractivity contribution in [1.29, 1.82) is 0 Å². The van der Waals surface area contributed by atoms with Crippen LogP contribution in [0.3, 0.4) is 0 Å². The summed E-state index contributed by atoms with van der Waals surface area (Å²) in [5.74, 6) is 1.01. The Balaban J connectivity index is 4.07. The summed E-state index contributed by atoms with van der Waals surface area (Å²) < 4.78 is 0. The van der Waals surface area contributed by atoms with E-state index in [0.717, 1.165) is 18.4 Å². The summed E-state index contributed by atoms with van der Waals surface area (Å²) in [5.41, 5.74) is 1.12. The quantitative estimate of drug-likeness (QED) is 0.473. The summed E-state index contributed by atoms with van der Waals surface area (Å²) in [6.07, 6.45) is 2.55. The minimum atomic E-state index is 0.0658. The number of allylic oxidation sites excluding steroid dienone is 1. The predicted octanol–water partition coefficient (Wildman–Crippen LogP) is 4.20. The first kappa shape index (κ1) is 14.7. The van der Waals surface area contributed by atoms with Gasteiger partial charge in [-0.15, -0.1) is 11.6 Å². The SMILES string of the molecule is C=C(CCl)CCC(C)(C)CC(=O)C(C)C. The number of ketones is 1. The van der Waals surface area contributed by atoms with Crippen LogP contribution in [0.1, 0.15) is 47.0 Å². The van der Waals surface area contributed by atoms with E-state index in [4.69, 9.17) is 11.6 Å². The molecule has 0 unspecified atom stereocenters. The molecule has 0 aromatic rings. The zero-order valence-electron chi connectivity index (χ0n) is 10.4. The first-order valence-electron chi connectivity index (χ1n) is 5.54. The van der Waals surface area contributed by atoms with Gasteiger partial charge in [0.15, 0.2) is 0 Å². The van der Waals surface area contributed by atoms with Crippen LogP contribution in [0.4, 0.5) is 0 Å². The highest BCUT2D eigenvalue weighted by Gasteiger charge is 2.23. The van der Waals surface area contributed by atoms with Crippen LogP contribution in [0.5, 0.6) is 0 Å². The maximum absolute atomic E-state index is 11.6. The Hall–Kier alpha value is -0.300. The first-order chi connectivity index (χ1) is 6.78. The molecule has 0 bridgehead atoms. The smallest absolute Gasteiger partial charge is 0.135 e. The molecule has 0 radical (unpaired) electrons. The molecule has 0 amide bonds. The largest absolute Gasteiger partial charge is 0.299 e. The second-order valence-corrected chi connectivity index (χ2v) is 5.61. The zero-order chi connectivity index (χ0) is 12.1. The summed E-state index contributed by atoms with van der Waals surface area (Å²) in [5, 5.41) is 0. The molecule has 0 aliphatic rings. The third-order valence-electron chi connectivity index (χ3n) is 2.64. The van der Waals surface area contributed by atoms with Crippen molar-refractivity contribution in [3.8, 4) is 0 Å². The predicted molar refractivity (Wildman–Crippen MR) is 67.3 cm³/mol.